The van der Waals surface area contributed by atoms with E-state index in [-0.39, 0.29) is 17.9 Å². The van der Waals surface area contributed by atoms with Crippen LogP contribution in [0.4, 0.5) is 0 Å². The first-order valence-electron chi connectivity index (χ1n) is 7.37. The van der Waals surface area contributed by atoms with Crippen LogP contribution in [0.1, 0.15) is 29.7 Å². The van der Waals surface area contributed by atoms with Crippen LogP contribution in [0.15, 0.2) is 11.4 Å². The number of rotatable bonds is 6. The second-order valence-electron chi connectivity index (χ2n) is 6.01. The minimum atomic E-state index is 0.196. The zero-order valence-corrected chi connectivity index (χ0v) is 12.5. The van der Waals surface area contributed by atoms with Crippen LogP contribution in [0.2, 0.25) is 0 Å². The molecule has 1 aromatic heterocycles. The fraction of sp³-hybridized carbons (Fsp3) is 0.667. The fourth-order valence-electron chi connectivity index (χ4n) is 2.94. The first-order chi connectivity index (χ1) is 9.72. The molecule has 0 atom stereocenters. The molecule has 2 N–H and O–H groups in total. The molecule has 0 aromatic carbocycles. The summed E-state index contributed by atoms with van der Waals surface area (Å²) in [5.74, 6) is 0.196. The average molecular weight is 294 g/mol. The van der Waals surface area contributed by atoms with E-state index in [4.69, 9.17) is 5.11 Å². The molecule has 1 aliphatic carbocycles. The normalized spacial score (nSPS) is 19.8. The number of hydrogen-bond acceptors (Lipinski definition) is 4. The number of carbonyl (C=O) groups is 1. The summed E-state index contributed by atoms with van der Waals surface area (Å²) in [5.41, 5.74) is 1.59. The lowest BCUT2D eigenvalue weighted by atomic mass is 10.0. The summed E-state index contributed by atoms with van der Waals surface area (Å²) in [4.78, 5) is 15.6. The topological polar surface area (TPSA) is 52.6 Å². The van der Waals surface area contributed by atoms with Gasteiger partial charge in [0.2, 0.25) is 5.91 Å². The highest BCUT2D eigenvalue weighted by atomic mass is 32.1. The van der Waals surface area contributed by atoms with E-state index in [1.165, 1.54) is 23.3 Å². The molecule has 1 aliphatic heterocycles. The van der Waals surface area contributed by atoms with Gasteiger partial charge in [0.1, 0.15) is 0 Å². The molecular weight excluding hydrogens is 272 g/mol. The third-order valence-corrected chi connectivity index (χ3v) is 5.56. The van der Waals surface area contributed by atoms with Crippen LogP contribution < -0.4 is 5.32 Å². The van der Waals surface area contributed by atoms with Gasteiger partial charge >= 0.3 is 0 Å². The Morgan fingerprint density at radius 1 is 1.50 bits per heavy atom. The maximum atomic E-state index is 12.2. The molecule has 0 unspecified atom stereocenters. The van der Waals surface area contributed by atoms with Gasteiger partial charge in [-0.25, -0.2) is 0 Å². The van der Waals surface area contributed by atoms with Crippen molar-refractivity contribution in [2.24, 2.45) is 5.41 Å². The molecule has 2 aliphatic rings. The van der Waals surface area contributed by atoms with Crippen molar-refractivity contribution < 1.29 is 9.90 Å². The van der Waals surface area contributed by atoms with Crippen LogP contribution in [0, 0.1) is 5.41 Å². The maximum absolute atomic E-state index is 12.2. The van der Waals surface area contributed by atoms with Crippen LogP contribution >= 0.6 is 11.3 Å². The van der Waals surface area contributed by atoms with Crippen LogP contribution in [0.25, 0.3) is 0 Å². The van der Waals surface area contributed by atoms with E-state index in [1.54, 1.807) is 11.3 Å². The molecule has 1 aromatic rings. The van der Waals surface area contributed by atoms with E-state index in [1.807, 2.05) is 4.90 Å². The fourth-order valence-corrected chi connectivity index (χ4v) is 3.83. The Labute approximate surface area is 123 Å². The van der Waals surface area contributed by atoms with Gasteiger partial charge in [-0.2, -0.15) is 0 Å². The van der Waals surface area contributed by atoms with Gasteiger partial charge in [0.05, 0.1) is 6.54 Å². The average Bonchev–Trinajstić information content (AvgIpc) is 3.04. The molecule has 0 radical (unpaired) electrons. The lowest BCUT2D eigenvalue weighted by molar-refractivity contribution is -0.131. The first kappa shape index (κ1) is 14.0. The summed E-state index contributed by atoms with van der Waals surface area (Å²) in [6.45, 7) is 3.14. The number of nitrogens with one attached hydrogen (secondary N) is 1. The van der Waals surface area contributed by atoms with Crippen molar-refractivity contribution in [1.82, 2.24) is 10.2 Å². The summed E-state index contributed by atoms with van der Waals surface area (Å²) >= 11 is 1.80. The minimum absolute atomic E-state index is 0.196. The van der Waals surface area contributed by atoms with Crippen molar-refractivity contribution in [3.05, 3.63) is 21.9 Å². The number of carbonyl (C=O) groups excluding carboxylic acids is 1. The smallest absolute Gasteiger partial charge is 0.236 e. The van der Waals surface area contributed by atoms with Crippen molar-refractivity contribution in [3.63, 3.8) is 0 Å². The highest BCUT2D eigenvalue weighted by Gasteiger charge is 2.41. The molecular formula is C15H22N2O2S. The number of thiophene rings is 1. The molecule has 1 fully saturated rings. The van der Waals surface area contributed by atoms with Gasteiger partial charge in [0.25, 0.3) is 0 Å². The van der Waals surface area contributed by atoms with Crippen LogP contribution in [-0.4, -0.2) is 42.2 Å². The number of aliphatic hydroxyl groups is 1. The molecule has 2 heterocycles. The minimum Gasteiger partial charge on any atom is -0.396 e. The van der Waals surface area contributed by atoms with Crippen LogP contribution in [0.3, 0.4) is 0 Å². The zero-order valence-electron chi connectivity index (χ0n) is 11.7. The van der Waals surface area contributed by atoms with Gasteiger partial charge in [-0.05, 0) is 48.1 Å². The number of aliphatic hydroxyl groups excluding tert-OH is 1. The van der Waals surface area contributed by atoms with Crippen molar-refractivity contribution in [1.29, 1.82) is 0 Å². The number of fused-ring (bicyclic) bond motifs is 1. The molecule has 0 saturated heterocycles. The van der Waals surface area contributed by atoms with Crippen LogP contribution in [-0.2, 0) is 17.8 Å². The lowest BCUT2D eigenvalue weighted by Gasteiger charge is -2.27. The van der Waals surface area contributed by atoms with Crippen LogP contribution in [0.5, 0.6) is 0 Å². The first-order valence-corrected chi connectivity index (χ1v) is 8.25. The maximum Gasteiger partial charge on any atom is 0.236 e. The second-order valence-corrected chi connectivity index (χ2v) is 7.01. The molecule has 5 heteroatoms. The van der Waals surface area contributed by atoms with E-state index in [0.29, 0.717) is 6.54 Å². The summed E-state index contributed by atoms with van der Waals surface area (Å²) < 4.78 is 0. The highest BCUT2D eigenvalue weighted by molar-refractivity contribution is 7.10. The predicted molar refractivity (Wildman–Crippen MR) is 79.7 cm³/mol. The summed E-state index contributed by atoms with van der Waals surface area (Å²) in [7, 11) is 0. The summed E-state index contributed by atoms with van der Waals surface area (Å²) in [5, 5.41) is 14.4. The Hall–Kier alpha value is -0.910. The molecule has 0 bridgehead atoms. The number of amides is 1. The van der Waals surface area contributed by atoms with E-state index < -0.39 is 0 Å². The Morgan fingerprint density at radius 2 is 2.35 bits per heavy atom. The zero-order chi connectivity index (χ0) is 14.0. The summed E-state index contributed by atoms with van der Waals surface area (Å²) in [6.07, 6.45) is 4.21. The quantitative estimate of drug-likeness (QED) is 0.833. The number of nitrogens with zero attached hydrogens (tertiary/aromatic N) is 1. The third kappa shape index (κ3) is 3.05. The van der Waals surface area contributed by atoms with Gasteiger partial charge < -0.3 is 15.3 Å². The van der Waals surface area contributed by atoms with E-state index in [2.05, 4.69) is 16.8 Å². The Bertz CT molecular complexity index is 482. The third-order valence-electron chi connectivity index (χ3n) is 4.54. The van der Waals surface area contributed by atoms with Gasteiger partial charge in [-0.1, -0.05) is 0 Å². The van der Waals surface area contributed by atoms with Crippen molar-refractivity contribution in [2.45, 2.75) is 32.2 Å². The predicted octanol–water partition coefficient (Wildman–Crippen LogP) is 1.38. The lowest BCUT2D eigenvalue weighted by Crippen LogP contribution is -2.42. The molecule has 4 nitrogen and oxygen atoms in total. The van der Waals surface area contributed by atoms with E-state index in [9.17, 15) is 4.79 Å². The van der Waals surface area contributed by atoms with Crippen molar-refractivity contribution in [2.75, 3.05) is 26.2 Å². The standard InChI is InChI=1S/C15H22N2O2S/c18-7-5-15(3-4-15)11-16-9-14(19)17-6-1-13-12(10-17)2-8-20-13/h2,8,16,18H,1,3-7,9-11H2. The molecule has 0 spiro atoms. The molecule has 110 valence electrons. The molecule has 1 saturated carbocycles. The second kappa shape index (κ2) is 5.84. The van der Waals surface area contributed by atoms with Crippen molar-refractivity contribution in [3.8, 4) is 0 Å². The van der Waals surface area contributed by atoms with Gasteiger partial charge in [0.15, 0.2) is 0 Å². The summed E-state index contributed by atoms with van der Waals surface area (Å²) in [6, 6.07) is 2.13. The highest BCUT2D eigenvalue weighted by Crippen LogP contribution is 2.47. The Balaban J connectivity index is 1.44. The molecule has 20 heavy (non-hydrogen) atoms. The Morgan fingerprint density at radius 3 is 3.10 bits per heavy atom. The van der Waals surface area contributed by atoms with Crippen molar-refractivity contribution >= 4 is 17.2 Å². The monoisotopic (exact) mass is 294 g/mol. The van der Waals surface area contributed by atoms with E-state index in [0.717, 1.165) is 32.5 Å². The largest absolute Gasteiger partial charge is 0.396 e. The van der Waals surface area contributed by atoms with E-state index >= 15 is 0 Å². The molecule has 1 amide bonds. The molecule has 3 rings (SSSR count). The SMILES string of the molecule is O=C(CNCC1(CCO)CC1)N1CCc2sccc2C1. The number of hydrogen-bond donors (Lipinski definition) is 2. The van der Waals surface area contributed by atoms with Gasteiger partial charge in [-0.15, -0.1) is 11.3 Å². The van der Waals surface area contributed by atoms with Gasteiger partial charge in [-0.3, -0.25) is 4.79 Å². The van der Waals surface area contributed by atoms with Gasteiger partial charge in [0, 0.05) is 31.1 Å². The Kier molecular flexibility index (Phi) is 4.10.